The zero-order chi connectivity index (χ0) is 9.35. The number of aromatic hydroxyl groups is 1. The highest BCUT2D eigenvalue weighted by atomic mass is 32.2. The van der Waals surface area contributed by atoms with E-state index in [1.165, 1.54) is 25.1 Å². The zero-order valence-corrected chi connectivity index (χ0v) is 7.17. The van der Waals surface area contributed by atoms with E-state index in [1.807, 2.05) is 0 Å². The first-order valence-electron chi connectivity index (χ1n) is 3.19. The van der Waals surface area contributed by atoms with Gasteiger partial charge in [-0.3, -0.25) is 4.55 Å². The topological polar surface area (TPSA) is 74.6 Å². The minimum absolute atomic E-state index is 0.148. The Hall–Kier alpha value is -1.07. The van der Waals surface area contributed by atoms with Crippen molar-refractivity contribution in [2.45, 2.75) is 11.8 Å². The Labute approximate surface area is 70.2 Å². The normalized spacial score (nSPS) is 11.5. The van der Waals surface area contributed by atoms with Crippen molar-refractivity contribution in [3.63, 3.8) is 0 Å². The first-order valence-corrected chi connectivity index (χ1v) is 4.63. The van der Waals surface area contributed by atoms with Gasteiger partial charge >= 0.3 is 0 Å². The van der Waals surface area contributed by atoms with Crippen molar-refractivity contribution in [3.05, 3.63) is 23.8 Å². The molecule has 0 unspecified atom stereocenters. The summed E-state index contributed by atoms with van der Waals surface area (Å²) >= 11 is 0. The van der Waals surface area contributed by atoms with E-state index < -0.39 is 10.1 Å². The molecule has 0 radical (unpaired) electrons. The Balaban J connectivity index is 3.47. The average Bonchev–Trinajstić information content (AvgIpc) is 1.92. The smallest absolute Gasteiger partial charge is 0.294 e. The van der Waals surface area contributed by atoms with E-state index in [4.69, 9.17) is 9.66 Å². The standard InChI is InChI=1S/C7H8O4S/c1-5-6(8)3-2-4-7(5)12(9,10)11/h2-4,8H,1H3,(H,9,10,11). The number of phenolic OH excluding ortho intramolecular Hbond substituents is 1. The molecule has 0 spiro atoms. The molecular weight excluding hydrogens is 180 g/mol. The van der Waals surface area contributed by atoms with Gasteiger partial charge in [0.15, 0.2) is 0 Å². The second-order valence-corrected chi connectivity index (χ2v) is 3.77. The number of phenols is 1. The van der Waals surface area contributed by atoms with Crippen molar-refractivity contribution in [1.29, 1.82) is 0 Å². The molecule has 0 saturated carbocycles. The van der Waals surface area contributed by atoms with Crippen LogP contribution in [0.15, 0.2) is 23.1 Å². The fraction of sp³-hybridized carbons (Fsp3) is 0.143. The second kappa shape index (κ2) is 2.76. The van der Waals surface area contributed by atoms with E-state index in [-0.39, 0.29) is 16.2 Å². The van der Waals surface area contributed by atoms with Crippen LogP contribution in [0, 0.1) is 6.92 Å². The molecule has 0 aliphatic heterocycles. The Morgan fingerprint density at radius 1 is 1.33 bits per heavy atom. The van der Waals surface area contributed by atoms with E-state index in [2.05, 4.69) is 0 Å². The van der Waals surface area contributed by atoms with Gasteiger partial charge in [-0.1, -0.05) is 6.07 Å². The lowest BCUT2D eigenvalue weighted by molar-refractivity contribution is 0.461. The van der Waals surface area contributed by atoms with Crippen molar-refractivity contribution < 1.29 is 18.1 Å². The van der Waals surface area contributed by atoms with E-state index in [9.17, 15) is 8.42 Å². The summed E-state index contributed by atoms with van der Waals surface area (Å²) in [7, 11) is -4.22. The molecular formula is C7H8O4S. The highest BCUT2D eigenvalue weighted by molar-refractivity contribution is 7.85. The maximum Gasteiger partial charge on any atom is 0.294 e. The molecule has 0 aliphatic carbocycles. The van der Waals surface area contributed by atoms with Crippen LogP contribution in [0.3, 0.4) is 0 Å². The predicted octanol–water partition coefficient (Wildman–Crippen LogP) is 0.947. The zero-order valence-electron chi connectivity index (χ0n) is 6.35. The summed E-state index contributed by atoms with van der Waals surface area (Å²) in [5.41, 5.74) is 0.153. The van der Waals surface area contributed by atoms with Crippen molar-refractivity contribution >= 4 is 10.1 Å². The molecule has 66 valence electrons. The molecule has 0 atom stereocenters. The van der Waals surface area contributed by atoms with Gasteiger partial charge in [-0.05, 0) is 19.1 Å². The Morgan fingerprint density at radius 2 is 1.92 bits per heavy atom. The van der Waals surface area contributed by atoms with Crippen LogP contribution in [-0.2, 0) is 10.1 Å². The Bertz CT molecular complexity index is 394. The maximum atomic E-state index is 10.7. The first-order chi connectivity index (χ1) is 5.43. The SMILES string of the molecule is Cc1c(O)cccc1S(=O)(=O)O. The average molecular weight is 188 g/mol. The third kappa shape index (κ3) is 1.57. The molecule has 0 heterocycles. The van der Waals surface area contributed by atoms with Crippen LogP contribution in [0.25, 0.3) is 0 Å². The number of rotatable bonds is 1. The minimum atomic E-state index is -4.22. The van der Waals surface area contributed by atoms with Gasteiger partial charge in [0.05, 0.1) is 0 Å². The molecule has 0 saturated heterocycles. The third-order valence-corrected chi connectivity index (χ3v) is 2.53. The van der Waals surface area contributed by atoms with Gasteiger partial charge < -0.3 is 5.11 Å². The molecule has 0 fully saturated rings. The second-order valence-electron chi connectivity index (χ2n) is 2.38. The quantitative estimate of drug-likeness (QED) is 0.643. The molecule has 1 rings (SSSR count). The van der Waals surface area contributed by atoms with Gasteiger partial charge in [0.2, 0.25) is 0 Å². The highest BCUT2D eigenvalue weighted by Gasteiger charge is 2.14. The van der Waals surface area contributed by atoms with Gasteiger partial charge in [0, 0.05) is 5.56 Å². The Morgan fingerprint density at radius 3 is 2.33 bits per heavy atom. The van der Waals surface area contributed by atoms with Gasteiger partial charge in [-0.25, -0.2) is 0 Å². The maximum absolute atomic E-state index is 10.7. The van der Waals surface area contributed by atoms with Gasteiger partial charge in [-0.15, -0.1) is 0 Å². The van der Waals surface area contributed by atoms with Crippen molar-refractivity contribution in [2.24, 2.45) is 0 Å². The molecule has 0 bridgehead atoms. The molecule has 5 heteroatoms. The third-order valence-electron chi connectivity index (χ3n) is 1.53. The predicted molar refractivity (Wildman–Crippen MR) is 42.7 cm³/mol. The van der Waals surface area contributed by atoms with Crippen LogP contribution >= 0.6 is 0 Å². The van der Waals surface area contributed by atoms with Crippen LogP contribution in [-0.4, -0.2) is 18.1 Å². The molecule has 0 aliphatic rings. The summed E-state index contributed by atoms with van der Waals surface area (Å²) in [6.07, 6.45) is 0. The molecule has 2 N–H and O–H groups in total. The van der Waals surface area contributed by atoms with E-state index in [1.54, 1.807) is 0 Å². The molecule has 12 heavy (non-hydrogen) atoms. The van der Waals surface area contributed by atoms with Crippen LogP contribution in [0.2, 0.25) is 0 Å². The summed E-state index contributed by atoms with van der Waals surface area (Å²) in [5, 5.41) is 9.09. The first kappa shape index (κ1) is 9.02. The van der Waals surface area contributed by atoms with Gasteiger partial charge in [0.1, 0.15) is 10.6 Å². The molecule has 0 aromatic heterocycles. The molecule has 1 aromatic carbocycles. The Kier molecular flexibility index (Phi) is 2.08. The largest absolute Gasteiger partial charge is 0.508 e. The van der Waals surface area contributed by atoms with Crippen molar-refractivity contribution in [1.82, 2.24) is 0 Å². The highest BCUT2D eigenvalue weighted by Crippen LogP contribution is 2.22. The molecule has 1 aromatic rings. The van der Waals surface area contributed by atoms with E-state index in [0.717, 1.165) is 0 Å². The van der Waals surface area contributed by atoms with Crippen LogP contribution in [0.1, 0.15) is 5.56 Å². The van der Waals surface area contributed by atoms with Crippen LogP contribution in [0.4, 0.5) is 0 Å². The summed E-state index contributed by atoms with van der Waals surface area (Å²) in [6, 6.07) is 3.93. The fourth-order valence-corrected chi connectivity index (χ4v) is 1.62. The fourth-order valence-electron chi connectivity index (χ4n) is 0.882. The number of hydrogen-bond donors (Lipinski definition) is 2. The van der Waals surface area contributed by atoms with Gasteiger partial charge in [0.25, 0.3) is 10.1 Å². The van der Waals surface area contributed by atoms with Crippen LogP contribution in [0.5, 0.6) is 5.75 Å². The molecule has 4 nitrogen and oxygen atoms in total. The monoisotopic (exact) mass is 188 g/mol. The summed E-state index contributed by atoms with van der Waals surface area (Å²) in [5.74, 6) is -0.148. The van der Waals surface area contributed by atoms with Gasteiger partial charge in [-0.2, -0.15) is 8.42 Å². The lowest BCUT2D eigenvalue weighted by Gasteiger charge is -2.02. The number of hydrogen-bond acceptors (Lipinski definition) is 3. The summed E-state index contributed by atoms with van der Waals surface area (Å²) in [6.45, 7) is 1.42. The van der Waals surface area contributed by atoms with E-state index >= 15 is 0 Å². The summed E-state index contributed by atoms with van der Waals surface area (Å²) < 4.78 is 30.0. The summed E-state index contributed by atoms with van der Waals surface area (Å²) in [4.78, 5) is -0.262. The van der Waals surface area contributed by atoms with E-state index in [0.29, 0.717) is 0 Å². The minimum Gasteiger partial charge on any atom is -0.508 e. The lowest BCUT2D eigenvalue weighted by atomic mass is 10.2. The molecule has 0 amide bonds. The van der Waals surface area contributed by atoms with Crippen LogP contribution < -0.4 is 0 Å². The van der Waals surface area contributed by atoms with Crippen molar-refractivity contribution in [3.8, 4) is 5.75 Å². The number of benzene rings is 1. The van der Waals surface area contributed by atoms with Crippen molar-refractivity contribution in [2.75, 3.05) is 0 Å². The lowest BCUT2D eigenvalue weighted by Crippen LogP contribution is -2.00.